The van der Waals surface area contributed by atoms with E-state index in [0.717, 1.165) is 0 Å². The molecule has 1 heterocycles. The number of ether oxygens (including phenoxy) is 2. The maximum Gasteiger partial charge on any atom is 0.325 e. The number of methoxy groups -OCH3 is 1. The number of nitrogens with one attached hydrogen (secondary N) is 1. The number of amides is 1. The van der Waals surface area contributed by atoms with Crippen molar-refractivity contribution in [2.75, 3.05) is 13.7 Å². The van der Waals surface area contributed by atoms with Crippen molar-refractivity contribution in [2.45, 2.75) is 25.9 Å². The third-order valence-electron chi connectivity index (χ3n) is 4.96. The van der Waals surface area contributed by atoms with Crippen LogP contribution >= 0.6 is 0 Å². The van der Waals surface area contributed by atoms with E-state index in [1.807, 2.05) is 30.3 Å². The van der Waals surface area contributed by atoms with Crippen LogP contribution in [0.4, 0.5) is 0 Å². The first-order valence-corrected chi connectivity index (χ1v) is 9.63. The van der Waals surface area contributed by atoms with Gasteiger partial charge in [0.1, 0.15) is 24.7 Å². The third-order valence-corrected chi connectivity index (χ3v) is 4.96. The van der Waals surface area contributed by atoms with Crippen molar-refractivity contribution in [3.05, 3.63) is 89.4 Å². The lowest BCUT2D eigenvalue weighted by molar-refractivity contribution is -0.139. The Hall–Kier alpha value is -3.54. The number of hydrogen-bond donors (Lipinski definition) is 1. The van der Waals surface area contributed by atoms with Gasteiger partial charge in [-0.05, 0) is 35.4 Å². The fourth-order valence-corrected chi connectivity index (χ4v) is 3.03. The molecule has 0 radical (unpaired) electrons. The van der Waals surface area contributed by atoms with Crippen molar-refractivity contribution in [1.29, 1.82) is 0 Å². The minimum Gasteiger partial charge on any atom is -0.486 e. The maximum absolute atomic E-state index is 11.9. The van der Waals surface area contributed by atoms with Crippen molar-refractivity contribution < 1.29 is 23.5 Å². The van der Waals surface area contributed by atoms with E-state index in [9.17, 15) is 9.59 Å². The zero-order valence-corrected chi connectivity index (χ0v) is 17.3. The molecular weight excluding hydrogens is 382 g/mol. The summed E-state index contributed by atoms with van der Waals surface area (Å²) in [5.74, 6) is 0.302. The minimum atomic E-state index is -0.530. The first-order chi connectivity index (χ1) is 14.4. The summed E-state index contributed by atoms with van der Waals surface area (Å²) in [6.45, 7) is 4.35. The Balaban J connectivity index is 1.58. The Morgan fingerprint density at radius 2 is 1.60 bits per heavy atom. The van der Waals surface area contributed by atoms with Crippen LogP contribution < -0.4 is 10.1 Å². The highest BCUT2D eigenvalue weighted by Gasteiger charge is 2.22. The van der Waals surface area contributed by atoms with E-state index in [4.69, 9.17) is 9.15 Å². The monoisotopic (exact) mass is 407 g/mol. The van der Waals surface area contributed by atoms with Crippen LogP contribution in [0.2, 0.25) is 0 Å². The van der Waals surface area contributed by atoms with Crippen molar-refractivity contribution in [2.24, 2.45) is 0 Å². The predicted molar refractivity (Wildman–Crippen MR) is 112 cm³/mol. The number of rotatable bonds is 8. The fourth-order valence-electron chi connectivity index (χ4n) is 3.03. The average molecular weight is 407 g/mol. The lowest BCUT2D eigenvalue weighted by atomic mass is 9.78. The smallest absolute Gasteiger partial charge is 0.325 e. The quantitative estimate of drug-likeness (QED) is 0.569. The molecule has 0 fully saturated rings. The van der Waals surface area contributed by atoms with Gasteiger partial charge in [-0.1, -0.05) is 56.3 Å². The van der Waals surface area contributed by atoms with Crippen LogP contribution in [0, 0.1) is 0 Å². The van der Waals surface area contributed by atoms with Crippen LogP contribution in [0.1, 0.15) is 41.3 Å². The lowest BCUT2D eigenvalue weighted by Gasteiger charge is -2.26. The van der Waals surface area contributed by atoms with Crippen LogP contribution in [-0.4, -0.2) is 25.5 Å². The van der Waals surface area contributed by atoms with E-state index >= 15 is 0 Å². The van der Waals surface area contributed by atoms with Gasteiger partial charge in [-0.3, -0.25) is 9.59 Å². The summed E-state index contributed by atoms with van der Waals surface area (Å²) < 4.78 is 15.7. The zero-order chi connectivity index (χ0) is 21.6. The molecule has 0 aliphatic heterocycles. The molecule has 2 aromatic carbocycles. The topological polar surface area (TPSA) is 77.8 Å². The summed E-state index contributed by atoms with van der Waals surface area (Å²) in [6, 6.07) is 21.5. The standard InChI is InChI=1S/C24H25NO5/c1-24(2,17-7-5-4-6-8-17)18-9-11-19(12-10-18)29-16-20-13-14-21(30-20)23(27)25-15-22(26)28-3/h4-14H,15-16H2,1-3H3,(H,25,27). The molecule has 0 unspecified atom stereocenters. The van der Waals surface area contributed by atoms with E-state index in [1.54, 1.807) is 6.07 Å². The SMILES string of the molecule is COC(=O)CNC(=O)c1ccc(COc2ccc(C(C)(C)c3ccccc3)cc2)o1. The fraction of sp³-hybridized carbons (Fsp3) is 0.250. The molecule has 0 aliphatic carbocycles. The van der Waals surface area contributed by atoms with Gasteiger partial charge in [-0.2, -0.15) is 0 Å². The largest absolute Gasteiger partial charge is 0.486 e. The lowest BCUT2D eigenvalue weighted by Crippen LogP contribution is -2.29. The molecule has 6 heteroatoms. The molecule has 0 saturated heterocycles. The van der Waals surface area contributed by atoms with Crippen LogP contribution in [0.15, 0.2) is 71.1 Å². The summed E-state index contributed by atoms with van der Waals surface area (Å²) in [4.78, 5) is 23.0. The van der Waals surface area contributed by atoms with E-state index in [-0.39, 0.29) is 24.3 Å². The molecule has 0 spiro atoms. The van der Waals surface area contributed by atoms with Gasteiger partial charge in [0.05, 0.1) is 7.11 Å². The third kappa shape index (κ3) is 5.08. The second-order valence-electron chi connectivity index (χ2n) is 7.33. The normalized spacial score (nSPS) is 11.0. The molecule has 1 aromatic heterocycles. The molecule has 3 rings (SSSR count). The van der Waals surface area contributed by atoms with Gasteiger partial charge < -0.3 is 19.2 Å². The van der Waals surface area contributed by atoms with E-state index < -0.39 is 11.9 Å². The van der Waals surface area contributed by atoms with Crippen LogP contribution in [0.5, 0.6) is 5.75 Å². The Bertz CT molecular complexity index is 990. The average Bonchev–Trinajstić information content (AvgIpc) is 3.26. The summed E-state index contributed by atoms with van der Waals surface area (Å²) >= 11 is 0. The molecule has 0 bridgehead atoms. The minimum absolute atomic E-state index is 0.109. The summed E-state index contributed by atoms with van der Waals surface area (Å²) in [7, 11) is 1.26. The number of esters is 1. The summed E-state index contributed by atoms with van der Waals surface area (Å²) in [5.41, 5.74) is 2.31. The Kier molecular flexibility index (Phi) is 6.57. The number of hydrogen-bond acceptors (Lipinski definition) is 5. The molecule has 0 aliphatic rings. The second kappa shape index (κ2) is 9.31. The van der Waals surface area contributed by atoms with Crippen LogP contribution in [0.3, 0.4) is 0 Å². The number of carbonyl (C=O) groups is 2. The molecule has 1 N–H and O–H groups in total. The Labute approximate surface area is 175 Å². The molecule has 30 heavy (non-hydrogen) atoms. The van der Waals surface area contributed by atoms with E-state index in [2.05, 4.69) is 48.2 Å². The predicted octanol–water partition coefficient (Wildman–Crippen LogP) is 4.09. The van der Waals surface area contributed by atoms with Crippen molar-refractivity contribution >= 4 is 11.9 Å². The molecular formula is C24H25NO5. The highest BCUT2D eigenvalue weighted by atomic mass is 16.5. The van der Waals surface area contributed by atoms with Crippen molar-refractivity contribution in [3.63, 3.8) is 0 Å². The van der Waals surface area contributed by atoms with E-state index in [0.29, 0.717) is 11.5 Å². The van der Waals surface area contributed by atoms with Crippen molar-refractivity contribution in [3.8, 4) is 5.75 Å². The number of furan rings is 1. The van der Waals surface area contributed by atoms with Gasteiger partial charge in [0, 0.05) is 5.41 Å². The second-order valence-corrected chi connectivity index (χ2v) is 7.33. The summed E-state index contributed by atoms with van der Waals surface area (Å²) in [5, 5.41) is 2.42. The van der Waals surface area contributed by atoms with Gasteiger partial charge in [0.15, 0.2) is 5.76 Å². The molecule has 6 nitrogen and oxygen atoms in total. The molecule has 156 valence electrons. The van der Waals surface area contributed by atoms with Gasteiger partial charge in [0.25, 0.3) is 5.91 Å². The van der Waals surface area contributed by atoms with Gasteiger partial charge >= 0.3 is 5.97 Å². The maximum atomic E-state index is 11.9. The van der Waals surface area contributed by atoms with Gasteiger partial charge in [-0.15, -0.1) is 0 Å². The Morgan fingerprint density at radius 1 is 0.933 bits per heavy atom. The molecule has 0 saturated carbocycles. The first kappa shape index (κ1) is 21.2. The highest BCUT2D eigenvalue weighted by molar-refractivity contribution is 5.93. The van der Waals surface area contributed by atoms with E-state index in [1.165, 1.54) is 24.3 Å². The highest BCUT2D eigenvalue weighted by Crippen LogP contribution is 2.32. The molecule has 3 aromatic rings. The Morgan fingerprint density at radius 3 is 2.27 bits per heavy atom. The van der Waals surface area contributed by atoms with Crippen molar-refractivity contribution in [1.82, 2.24) is 5.32 Å². The summed E-state index contributed by atoms with van der Waals surface area (Å²) in [6.07, 6.45) is 0. The van der Waals surface area contributed by atoms with Crippen LogP contribution in [0.25, 0.3) is 0 Å². The van der Waals surface area contributed by atoms with Crippen LogP contribution in [-0.2, 0) is 21.6 Å². The number of benzene rings is 2. The zero-order valence-electron chi connectivity index (χ0n) is 17.3. The van der Waals surface area contributed by atoms with Gasteiger partial charge in [-0.25, -0.2) is 0 Å². The molecule has 1 amide bonds. The van der Waals surface area contributed by atoms with Gasteiger partial charge in [0.2, 0.25) is 0 Å². The molecule has 0 atom stereocenters. The number of carbonyl (C=O) groups excluding carboxylic acids is 2. The first-order valence-electron chi connectivity index (χ1n) is 9.63.